The van der Waals surface area contributed by atoms with E-state index in [-0.39, 0.29) is 0 Å². The minimum Gasteiger partial charge on any atom is -0.0730 e. The first-order valence-corrected chi connectivity index (χ1v) is 6.93. The Bertz CT molecular complexity index is 280. The molecule has 0 saturated carbocycles. The second-order valence-electron chi connectivity index (χ2n) is 5.62. The maximum absolute atomic E-state index is 2.41. The molecule has 1 unspecified atom stereocenters. The number of rotatable bonds is 5. The summed E-state index contributed by atoms with van der Waals surface area (Å²) in [6.45, 7) is 11.7. The Kier molecular flexibility index (Phi) is 4.83. The molecule has 0 fully saturated rings. The van der Waals surface area contributed by atoms with Gasteiger partial charge in [-0.3, -0.25) is 0 Å². The number of hydrogen-bond acceptors (Lipinski definition) is 0. The fraction of sp³-hybridized carbons (Fsp3) is 0.750. The van der Waals surface area contributed by atoms with Gasteiger partial charge >= 0.3 is 0 Å². The Balaban J connectivity index is 3.01. The molecule has 0 aromatic rings. The average molecular weight is 220 g/mol. The van der Waals surface area contributed by atoms with Gasteiger partial charge < -0.3 is 0 Å². The van der Waals surface area contributed by atoms with Crippen molar-refractivity contribution in [3.8, 4) is 0 Å². The predicted molar refractivity (Wildman–Crippen MR) is 73.5 cm³/mol. The molecule has 0 bridgehead atoms. The normalized spacial score (nSPS) is 20.4. The Morgan fingerprint density at radius 2 is 1.88 bits per heavy atom. The topological polar surface area (TPSA) is 0 Å². The highest BCUT2D eigenvalue weighted by molar-refractivity contribution is 5.28. The molecular formula is C16H28. The van der Waals surface area contributed by atoms with Crippen molar-refractivity contribution in [1.82, 2.24) is 0 Å². The third-order valence-electron chi connectivity index (χ3n) is 4.43. The van der Waals surface area contributed by atoms with Crippen LogP contribution < -0.4 is 0 Å². The lowest BCUT2D eigenvalue weighted by atomic mass is 9.64. The van der Waals surface area contributed by atoms with Crippen molar-refractivity contribution in [3.05, 3.63) is 23.3 Å². The van der Waals surface area contributed by atoms with Crippen LogP contribution in [0.3, 0.4) is 0 Å². The maximum atomic E-state index is 2.41. The second-order valence-corrected chi connectivity index (χ2v) is 5.62. The van der Waals surface area contributed by atoms with Gasteiger partial charge in [-0.25, -0.2) is 0 Å². The SMILES string of the molecule is CCCC(CC)(C1=CC=C(C)CC1)C(C)C. The molecule has 1 atom stereocenters. The number of allylic oxidation sites excluding steroid dienone is 4. The summed E-state index contributed by atoms with van der Waals surface area (Å²) in [6.07, 6.45) is 11.2. The zero-order valence-electron chi connectivity index (χ0n) is 11.8. The lowest BCUT2D eigenvalue weighted by molar-refractivity contribution is 0.205. The molecule has 0 heterocycles. The molecule has 0 heteroatoms. The van der Waals surface area contributed by atoms with Crippen LogP contribution in [0.4, 0.5) is 0 Å². The highest BCUT2D eigenvalue weighted by Gasteiger charge is 2.34. The van der Waals surface area contributed by atoms with Crippen LogP contribution >= 0.6 is 0 Å². The van der Waals surface area contributed by atoms with Crippen molar-refractivity contribution in [2.75, 3.05) is 0 Å². The first-order valence-electron chi connectivity index (χ1n) is 6.93. The molecule has 0 N–H and O–H groups in total. The highest BCUT2D eigenvalue weighted by Crippen LogP contribution is 2.46. The van der Waals surface area contributed by atoms with Gasteiger partial charge in [0.05, 0.1) is 0 Å². The quantitative estimate of drug-likeness (QED) is 0.573. The summed E-state index contributed by atoms with van der Waals surface area (Å²) < 4.78 is 0. The van der Waals surface area contributed by atoms with Gasteiger partial charge in [-0.1, -0.05) is 57.4 Å². The van der Waals surface area contributed by atoms with Gasteiger partial charge in [-0.05, 0) is 43.9 Å². The largest absolute Gasteiger partial charge is 0.0730 e. The monoisotopic (exact) mass is 220 g/mol. The van der Waals surface area contributed by atoms with Crippen LogP contribution in [0.5, 0.6) is 0 Å². The van der Waals surface area contributed by atoms with Crippen LogP contribution in [0, 0.1) is 11.3 Å². The van der Waals surface area contributed by atoms with Crippen LogP contribution in [0.1, 0.15) is 66.7 Å². The molecule has 1 aliphatic rings. The first-order chi connectivity index (χ1) is 7.56. The van der Waals surface area contributed by atoms with Gasteiger partial charge in [0.2, 0.25) is 0 Å². The summed E-state index contributed by atoms with van der Waals surface area (Å²) in [5.41, 5.74) is 3.71. The van der Waals surface area contributed by atoms with E-state index >= 15 is 0 Å². The molecule has 0 aliphatic heterocycles. The van der Waals surface area contributed by atoms with E-state index in [1.807, 2.05) is 0 Å². The standard InChI is InChI=1S/C16H28/c1-6-12-16(7-2,13(3)4)15-10-8-14(5)9-11-15/h8,10,13H,6-7,9,11-12H2,1-5H3. The molecule has 0 nitrogen and oxygen atoms in total. The Morgan fingerprint density at radius 1 is 1.19 bits per heavy atom. The predicted octanol–water partition coefficient (Wildman–Crippen LogP) is 5.51. The molecule has 0 amide bonds. The zero-order chi connectivity index (χ0) is 12.2. The first kappa shape index (κ1) is 13.5. The van der Waals surface area contributed by atoms with Crippen molar-refractivity contribution in [2.45, 2.75) is 66.7 Å². The minimum absolute atomic E-state index is 0.464. The summed E-state index contributed by atoms with van der Waals surface area (Å²) in [6, 6.07) is 0. The molecule has 16 heavy (non-hydrogen) atoms. The molecule has 1 rings (SSSR count). The van der Waals surface area contributed by atoms with E-state index in [9.17, 15) is 0 Å². The third-order valence-corrected chi connectivity index (χ3v) is 4.43. The Hall–Kier alpha value is -0.520. The van der Waals surface area contributed by atoms with E-state index in [0.717, 1.165) is 5.92 Å². The zero-order valence-corrected chi connectivity index (χ0v) is 11.8. The molecule has 1 aliphatic carbocycles. The Morgan fingerprint density at radius 3 is 2.25 bits per heavy atom. The summed E-state index contributed by atoms with van der Waals surface area (Å²) in [7, 11) is 0. The van der Waals surface area contributed by atoms with Gasteiger partial charge in [-0.15, -0.1) is 0 Å². The van der Waals surface area contributed by atoms with Crippen molar-refractivity contribution < 1.29 is 0 Å². The van der Waals surface area contributed by atoms with E-state index in [1.54, 1.807) is 5.57 Å². The molecular weight excluding hydrogens is 192 g/mol. The fourth-order valence-corrected chi connectivity index (χ4v) is 3.23. The molecule has 0 spiro atoms. The summed E-state index contributed by atoms with van der Waals surface area (Å²) in [5.74, 6) is 0.760. The van der Waals surface area contributed by atoms with E-state index in [4.69, 9.17) is 0 Å². The van der Waals surface area contributed by atoms with Crippen molar-refractivity contribution in [3.63, 3.8) is 0 Å². The lowest BCUT2D eigenvalue weighted by Crippen LogP contribution is -2.29. The molecule has 0 aromatic heterocycles. The van der Waals surface area contributed by atoms with E-state index in [2.05, 4.69) is 46.8 Å². The molecule has 0 radical (unpaired) electrons. The van der Waals surface area contributed by atoms with Crippen LogP contribution in [-0.2, 0) is 0 Å². The maximum Gasteiger partial charge on any atom is -0.00646 e. The molecule has 92 valence electrons. The van der Waals surface area contributed by atoms with Crippen LogP contribution in [0.15, 0.2) is 23.3 Å². The van der Waals surface area contributed by atoms with Crippen LogP contribution in [0.2, 0.25) is 0 Å². The third kappa shape index (κ3) is 2.59. The smallest absolute Gasteiger partial charge is 0.00646 e. The van der Waals surface area contributed by atoms with E-state index in [1.165, 1.54) is 37.7 Å². The van der Waals surface area contributed by atoms with E-state index < -0.39 is 0 Å². The van der Waals surface area contributed by atoms with E-state index in [0.29, 0.717) is 5.41 Å². The Labute approximate surface area is 102 Å². The summed E-state index contributed by atoms with van der Waals surface area (Å²) in [4.78, 5) is 0. The molecule has 0 saturated heterocycles. The van der Waals surface area contributed by atoms with Crippen LogP contribution in [-0.4, -0.2) is 0 Å². The summed E-state index contributed by atoms with van der Waals surface area (Å²) in [5, 5.41) is 0. The van der Waals surface area contributed by atoms with Gasteiger partial charge in [0.25, 0.3) is 0 Å². The van der Waals surface area contributed by atoms with Crippen LogP contribution in [0.25, 0.3) is 0 Å². The second kappa shape index (κ2) is 5.70. The van der Waals surface area contributed by atoms with Gasteiger partial charge in [0.1, 0.15) is 0 Å². The average Bonchev–Trinajstić information content (AvgIpc) is 2.27. The van der Waals surface area contributed by atoms with Crippen molar-refractivity contribution in [2.24, 2.45) is 11.3 Å². The van der Waals surface area contributed by atoms with Crippen molar-refractivity contribution >= 4 is 0 Å². The minimum atomic E-state index is 0.464. The highest BCUT2D eigenvalue weighted by atomic mass is 14.4. The molecule has 0 aromatic carbocycles. The summed E-state index contributed by atoms with van der Waals surface area (Å²) >= 11 is 0. The van der Waals surface area contributed by atoms with Crippen molar-refractivity contribution in [1.29, 1.82) is 0 Å². The fourth-order valence-electron chi connectivity index (χ4n) is 3.23. The number of hydrogen-bond donors (Lipinski definition) is 0. The van der Waals surface area contributed by atoms with Gasteiger partial charge in [0.15, 0.2) is 0 Å². The van der Waals surface area contributed by atoms with Gasteiger partial charge in [0, 0.05) is 0 Å². The van der Waals surface area contributed by atoms with Gasteiger partial charge in [-0.2, -0.15) is 0 Å². The lowest BCUT2D eigenvalue weighted by Gasteiger charge is -2.40.